The molecule has 7 heteroatoms. The van der Waals surface area contributed by atoms with Gasteiger partial charge >= 0.3 is 0 Å². The maximum atomic E-state index is 13.3. The molecule has 0 saturated carbocycles. The van der Waals surface area contributed by atoms with Gasteiger partial charge in [-0.2, -0.15) is 0 Å². The topological polar surface area (TPSA) is 89.2 Å². The molecule has 2 aromatic rings. The Morgan fingerprint density at radius 2 is 2.03 bits per heavy atom. The Kier molecular flexibility index (Phi) is 6.73. The van der Waals surface area contributed by atoms with Crippen molar-refractivity contribution >= 4 is 16.9 Å². The van der Waals surface area contributed by atoms with Crippen LogP contribution in [0.25, 0.3) is 11.0 Å². The number of carbonyl (C=O) groups excluding carboxylic acids is 1. The first kappa shape index (κ1) is 21.6. The van der Waals surface area contributed by atoms with Crippen molar-refractivity contribution in [2.45, 2.75) is 44.8 Å². The molecule has 1 N–H and O–H groups in total. The lowest BCUT2D eigenvalue weighted by atomic mass is 9.81. The van der Waals surface area contributed by atoms with Crippen LogP contribution in [0.4, 0.5) is 0 Å². The van der Waals surface area contributed by atoms with E-state index in [2.05, 4.69) is 0 Å². The summed E-state index contributed by atoms with van der Waals surface area (Å²) in [5.74, 6) is -0.596. The Bertz CT molecular complexity index is 1010. The molecule has 2 aliphatic heterocycles. The average molecular weight is 427 g/mol. The van der Waals surface area contributed by atoms with Gasteiger partial charge in [0.15, 0.2) is 11.2 Å². The van der Waals surface area contributed by atoms with Crippen molar-refractivity contribution in [3.63, 3.8) is 0 Å². The van der Waals surface area contributed by atoms with Crippen molar-refractivity contribution in [1.82, 2.24) is 4.90 Å². The van der Waals surface area contributed by atoms with Crippen LogP contribution in [0.3, 0.4) is 0 Å². The third-order valence-corrected chi connectivity index (χ3v) is 6.08. The Morgan fingerprint density at radius 3 is 2.77 bits per heavy atom. The minimum atomic E-state index is -0.682. The van der Waals surface area contributed by atoms with E-state index in [9.17, 15) is 14.7 Å². The summed E-state index contributed by atoms with van der Waals surface area (Å²) >= 11 is 0. The predicted molar refractivity (Wildman–Crippen MR) is 115 cm³/mol. The van der Waals surface area contributed by atoms with E-state index in [1.165, 1.54) is 6.26 Å². The number of benzene rings is 1. The number of ether oxygens (including phenoxy) is 2. The van der Waals surface area contributed by atoms with Crippen molar-refractivity contribution in [1.29, 1.82) is 0 Å². The lowest BCUT2D eigenvalue weighted by Crippen LogP contribution is -2.40. The molecular weight excluding hydrogens is 398 g/mol. The van der Waals surface area contributed by atoms with Crippen LogP contribution in [0, 0.1) is 5.92 Å². The van der Waals surface area contributed by atoms with Gasteiger partial charge in [-0.25, -0.2) is 0 Å². The van der Waals surface area contributed by atoms with Crippen LogP contribution in [0.2, 0.25) is 0 Å². The summed E-state index contributed by atoms with van der Waals surface area (Å²) in [6.07, 6.45) is 5.63. The van der Waals surface area contributed by atoms with Gasteiger partial charge < -0.3 is 23.9 Å². The van der Waals surface area contributed by atoms with E-state index in [0.29, 0.717) is 49.1 Å². The number of hydrogen-bond donors (Lipinski definition) is 1. The second kappa shape index (κ2) is 9.66. The van der Waals surface area contributed by atoms with Gasteiger partial charge in [-0.3, -0.25) is 9.59 Å². The molecule has 1 amide bonds. The number of carbonyl (C=O) groups is 1. The molecule has 3 atom stereocenters. The summed E-state index contributed by atoms with van der Waals surface area (Å²) in [5, 5.41) is 9.91. The maximum absolute atomic E-state index is 13.3. The van der Waals surface area contributed by atoms with Crippen LogP contribution in [-0.2, 0) is 14.3 Å². The fourth-order valence-electron chi connectivity index (χ4n) is 4.51. The molecular formula is C24H29NO6. The van der Waals surface area contributed by atoms with Gasteiger partial charge in [0.25, 0.3) is 5.91 Å². The maximum Gasteiger partial charge on any atom is 0.288 e. The Hall–Kier alpha value is -2.64. The van der Waals surface area contributed by atoms with Crippen LogP contribution < -0.4 is 5.43 Å². The Balaban J connectivity index is 1.79. The number of hydrogen-bond acceptors (Lipinski definition) is 6. The highest BCUT2D eigenvalue weighted by Crippen LogP contribution is 2.39. The van der Waals surface area contributed by atoms with E-state index in [1.54, 1.807) is 29.2 Å². The summed E-state index contributed by atoms with van der Waals surface area (Å²) in [6, 6.07) is 7.13. The first-order chi connectivity index (χ1) is 15.1. The normalized spacial score (nSPS) is 23.6. The molecule has 2 aliphatic rings. The van der Waals surface area contributed by atoms with Crippen molar-refractivity contribution in [3.8, 4) is 0 Å². The highest BCUT2D eigenvalue weighted by molar-refractivity contribution is 5.92. The van der Waals surface area contributed by atoms with Crippen molar-refractivity contribution < 1.29 is 23.8 Å². The monoisotopic (exact) mass is 427 g/mol. The third kappa shape index (κ3) is 4.38. The lowest BCUT2D eigenvalue weighted by Gasteiger charge is -2.37. The van der Waals surface area contributed by atoms with Gasteiger partial charge in [0.2, 0.25) is 6.29 Å². The zero-order chi connectivity index (χ0) is 21.8. The number of para-hydroxylation sites is 1. The average Bonchev–Trinajstić information content (AvgIpc) is 3.33. The molecule has 4 rings (SSSR count). The largest absolute Gasteiger partial charge is 0.464 e. The third-order valence-electron chi connectivity index (χ3n) is 6.08. The smallest absolute Gasteiger partial charge is 0.288 e. The van der Waals surface area contributed by atoms with Gasteiger partial charge in [0.1, 0.15) is 5.58 Å². The van der Waals surface area contributed by atoms with Gasteiger partial charge in [0.05, 0.1) is 11.6 Å². The molecule has 0 radical (unpaired) electrons. The summed E-state index contributed by atoms with van der Waals surface area (Å²) in [4.78, 5) is 28.2. The highest BCUT2D eigenvalue weighted by Gasteiger charge is 2.40. The predicted octanol–water partition coefficient (Wildman–Crippen LogP) is 3.16. The van der Waals surface area contributed by atoms with Crippen LogP contribution in [0.15, 0.2) is 51.6 Å². The molecule has 0 bridgehead atoms. The number of likely N-dealkylation sites (tertiary alicyclic amines) is 1. The summed E-state index contributed by atoms with van der Waals surface area (Å²) in [6.45, 7) is 3.71. The molecule has 0 aliphatic carbocycles. The van der Waals surface area contributed by atoms with Crippen LogP contribution in [0.1, 0.15) is 44.1 Å². The summed E-state index contributed by atoms with van der Waals surface area (Å²) in [7, 11) is 0. The zero-order valence-electron chi connectivity index (χ0n) is 17.8. The molecule has 1 aromatic carbocycles. The fraction of sp³-hybridized carbons (Fsp3) is 0.500. The van der Waals surface area contributed by atoms with Crippen LogP contribution >= 0.6 is 0 Å². The quantitative estimate of drug-likeness (QED) is 0.730. The van der Waals surface area contributed by atoms with E-state index >= 15 is 0 Å². The lowest BCUT2D eigenvalue weighted by molar-refractivity contribution is -0.170. The fourth-order valence-corrected chi connectivity index (χ4v) is 4.51. The highest BCUT2D eigenvalue weighted by atomic mass is 16.7. The second-order valence-corrected chi connectivity index (χ2v) is 8.04. The number of nitrogens with zero attached hydrogens (tertiary/aromatic N) is 1. The first-order valence-corrected chi connectivity index (χ1v) is 11.0. The second-order valence-electron chi connectivity index (χ2n) is 8.04. The summed E-state index contributed by atoms with van der Waals surface area (Å²) < 4.78 is 17.7. The van der Waals surface area contributed by atoms with Crippen LogP contribution in [0.5, 0.6) is 0 Å². The zero-order valence-corrected chi connectivity index (χ0v) is 17.8. The number of rotatable bonds is 7. The Labute approximate surface area is 181 Å². The first-order valence-electron chi connectivity index (χ1n) is 11.0. The minimum absolute atomic E-state index is 0.0255. The molecule has 0 unspecified atom stereocenters. The van der Waals surface area contributed by atoms with Gasteiger partial charge in [-0.05, 0) is 50.8 Å². The van der Waals surface area contributed by atoms with Gasteiger partial charge in [-0.15, -0.1) is 0 Å². The molecule has 3 heterocycles. The standard InChI is InChI=1S/C24H29NO6/c1-2-29-24-16(9-7-13-26)18(14-21(31-24)23(28)25-11-5-6-12-25)19-15-30-20-10-4-3-8-17(20)22(19)27/h3-4,8,10,14-16,18,24,26H,2,5-7,9,11-13H2,1H3/t16-,18-,24+/m1/s1. The number of aliphatic hydroxyl groups excluding tert-OH is 1. The van der Waals surface area contributed by atoms with E-state index in [0.717, 1.165) is 12.8 Å². The number of fused-ring (bicyclic) bond motifs is 1. The Morgan fingerprint density at radius 1 is 1.26 bits per heavy atom. The van der Waals surface area contributed by atoms with E-state index in [4.69, 9.17) is 13.9 Å². The van der Waals surface area contributed by atoms with Crippen molar-refractivity contribution in [3.05, 3.63) is 58.2 Å². The summed E-state index contributed by atoms with van der Waals surface area (Å²) in [5.41, 5.74) is 0.873. The molecule has 0 spiro atoms. The van der Waals surface area contributed by atoms with E-state index in [1.807, 2.05) is 13.0 Å². The number of aliphatic hydroxyl groups is 1. The number of amides is 1. The molecule has 1 aromatic heterocycles. The minimum Gasteiger partial charge on any atom is -0.464 e. The SMILES string of the molecule is CCO[C@H]1OC(C(=O)N2CCCC2)=C[C@@H](c2coc3ccccc3c2=O)[C@H]1CCCO. The molecule has 166 valence electrons. The van der Waals surface area contributed by atoms with Crippen LogP contribution in [-0.4, -0.2) is 48.5 Å². The molecule has 1 fully saturated rings. The molecule has 31 heavy (non-hydrogen) atoms. The molecule has 1 saturated heterocycles. The number of allylic oxidation sites excluding steroid dienone is 1. The van der Waals surface area contributed by atoms with Crippen molar-refractivity contribution in [2.24, 2.45) is 5.92 Å². The van der Waals surface area contributed by atoms with E-state index in [-0.39, 0.29) is 29.6 Å². The molecule has 7 nitrogen and oxygen atoms in total. The van der Waals surface area contributed by atoms with Gasteiger partial charge in [0, 0.05) is 43.7 Å². The van der Waals surface area contributed by atoms with Crippen molar-refractivity contribution in [2.75, 3.05) is 26.3 Å². The van der Waals surface area contributed by atoms with Gasteiger partial charge in [-0.1, -0.05) is 12.1 Å². The van der Waals surface area contributed by atoms with E-state index < -0.39 is 12.2 Å².